The Kier molecular flexibility index (Phi) is 7.52. The highest BCUT2D eigenvalue weighted by atomic mass is 79.9. The summed E-state index contributed by atoms with van der Waals surface area (Å²) in [5, 5.41) is 4.30. The van der Waals surface area contributed by atoms with Gasteiger partial charge in [-0.2, -0.15) is 5.10 Å². The summed E-state index contributed by atoms with van der Waals surface area (Å²) in [5.41, 5.74) is 3.59. The summed E-state index contributed by atoms with van der Waals surface area (Å²) in [6, 6.07) is 10.4. The molecule has 0 aliphatic rings. The smallest absolute Gasteiger partial charge is 0.272 e. The Bertz CT molecular complexity index is 862. The molecule has 0 radical (unpaired) electrons. The molecule has 2 rings (SSSR count). The van der Waals surface area contributed by atoms with Crippen LogP contribution in [0.25, 0.3) is 0 Å². The van der Waals surface area contributed by atoms with E-state index in [-0.39, 0.29) is 12.5 Å². The van der Waals surface area contributed by atoms with Crippen LogP contribution >= 0.6 is 27.5 Å². The molecule has 26 heavy (non-hydrogen) atoms. The number of hydrogen-bond donors (Lipinski definition) is 1. The lowest BCUT2D eigenvalue weighted by Crippen LogP contribution is -2.18. The van der Waals surface area contributed by atoms with Gasteiger partial charge in [0, 0.05) is 4.47 Å². The Balaban J connectivity index is 2.16. The number of hydrogen-bond acceptors (Lipinski definition) is 4. The lowest BCUT2D eigenvalue weighted by Gasteiger charge is -2.12. The molecule has 0 unspecified atom stereocenters. The van der Waals surface area contributed by atoms with E-state index in [0.29, 0.717) is 38.7 Å². The van der Waals surface area contributed by atoms with Gasteiger partial charge in [0.15, 0.2) is 11.5 Å². The van der Waals surface area contributed by atoms with Crippen LogP contribution in [0.5, 0.6) is 11.5 Å². The Hall–Kier alpha value is -2.49. The van der Waals surface area contributed by atoms with Crippen LogP contribution in [0.4, 0.5) is 0 Å². The summed E-state index contributed by atoms with van der Waals surface area (Å²) in [6.07, 6.45) is 6.68. The van der Waals surface area contributed by atoms with Crippen LogP contribution in [0, 0.1) is 12.3 Å². The molecule has 0 saturated carbocycles. The molecule has 0 aromatic heterocycles. The number of carbonyl (C=O) groups excluding carboxylic acids is 1. The fourth-order valence-corrected chi connectivity index (χ4v) is 2.79. The second-order valence-electron chi connectivity index (χ2n) is 4.93. The van der Waals surface area contributed by atoms with Gasteiger partial charge in [0.05, 0.1) is 23.4 Å². The molecular weight excluding hydrogens is 420 g/mol. The van der Waals surface area contributed by atoms with E-state index in [9.17, 15) is 4.79 Å². The van der Waals surface area contributed by atoms with E-state index >= 15 is 0 Å². The number of carbonyl (C=O) groups is 1. The fourth-order valence-electron chi connectivity index (χ4n) is 2.05. The molecule has 134 valence electrons. The standard InChI is InChI=1S/C19H16BrClN2O3/c1-3-9-26-18-16(21)10-13(11-17(18)25-4-2)12-22-23-19(24)14-7-5-6-8-15(14)20/h1,5-8,10-12H,4,9H2,2H3,(H,23,24)/b22-12+. The maximum atomic E-state index is 12.1. The summed E-state index contributed by atoms with van der Waals surface area (Å²) in [5.74, 6) is 2.87. The first-order valence-corrected chi connectivity index (χ1v) is 8.84. The third-order valence-corrected chi connectivity index (χ3v) is 4.10. The molecule has 0 bridgehead atoms. The molecular formula is C19H16BrClN2O3. The fraction of sp³-hybridized carbons (Fsp3) is 0.158. The first-order valence-electron chi connectivity index (χ1n) is 7.67. The number of amides is 1. The Morgan fingerprint density at radius 1 is 1.38 bits per heavy atom. The monoisotopic (exact) mass is 434 g/mol. The highest BCUT2D eigenvalue weighted by Crippen LogP contribution is 2.36. The maximum absolute atomic E-state index is 12.1. The Morgan fingerprint density at radius 2 is 2.15 bits per heavy atom. The molecule has 0 aliphatic carbocycles. The van der Waals surface area contributed by atoms with Crippen molar-refractivity contribution < 1.29 is 14.3 Å². The predicted molar refractivity (Wildman–Crippen MR) is 106 cm³/mol. The summed E-state index contributed by atoms with van der Waals surface area (Å²) in [6.45, 7) is 2.36. The number of benzene rings is 2. The van der Waals surface area contributed by atoms with Crippen molar-refractivity contribution >= 4 is 39.7 Å². The minimum Gasteiger partial charge on any atom is -0.490 e. The van der Waals surface area contributed by atoms with Crippen LogP contribution in [0.15, 0.2) is 46.0 Å². The van der Waals surface area contributed by atoms with Gasteiger partial charge in [-0.15, -0.1) is 6.42 Å². The molecule has 0 atom stereocenters. The van der Waals surface area contributed by atoms with Gasteiger partial charge in [0.2, 0.25) is 0 Å². The second-order valence-corrected chi connectivity index (χ2v) is 6.20. The lowest BCUT2D eigenvalue weighted by molar-refractivity contribution is 0.0954. The van der Waals surface area contributed by atoms with Crippen molar-refractivity contribution in [2.45, 2.75) is 6.92 Å². The van der Waals surface area contributed by atoms with E-state index in [1.807, 2.05) is 13.0 Å². The van der Waals surface area contributed by atoms with E-state index in [2.05, 4.69) is 32.4 Å². The molecule has 7 heteroatoms. The number of hydrazone groups is 1. The van der Waals surface area contributed by atoms with Crippen molar-refractivity contribution in [3.63, 3.8) is 0 Å². The van der Waals surface area contributed by atoms with Crippen molar-refractivity contribution in [2.24, 2.45) is 5.10 Å². The first kappa shape index (κ1) is 19.8. The highest BCUT2D eigenvalue weighted by molar-refractivity contribution is 9.10. The lowest BCUT2D eigenvalue weighted by atomic mass is 10.2. The average Bonchev–Trinajstić information content (AvgIpc) is 2.61. The second kappa shape index (κ2) is 9.85. The predicted octanol–water partition coefficient (Wildman–Crippen LogP) is 4.28. The van der Waals surface area contributed by atoms with Gasteiger partial charge in [-0.3, -0.25) is 4.79 Å². The topological polar surface area (TPSA) is 59.9 Å². The van der Waals surface area contributed by atoms with Crippen molar-refractivity contribution in [3.8, 4) is 23.8 Å². The molecule has 0 aliphatic heterocycles. The molecule has 1 N–H and O–H groups in total. The minimum absolute atomic E-state index is 0.0786. The van der Waals surface area contributed by atoms with Gasteiger partial charge in [0.1, 0.15) is 6.61 Å². The van der Waals surface area contributed by atoms with Crippen LogP contribution in [-0.2, 0) is 0 Å². The van der Waals surface area contributed by atoms with Crippen molar-refractivity contribution in [1.29, 1.82) is 0 Å². The summed E-state index contributed by atoms with van der Waals surface area (Å²) in [4.78, 5) is 12.1. The SMILES string of the molecule is C#CCOc1c(Cl)cc(/C=N/NC(=O)c2ccccc2Br)cc1OCC. The van der Waals surface area contributed by atoms with Crippen LogP contribution in [0.1, 0.15) is 22.8 Å². The van der Waals surface area contributed by atoms with Gasteiger partial charge in [0.25, 0.3) is 5.91 Å². The molecule has 0 saturated heterocycles. The molecule has 2 aromatic carbocycles. The zero-order valence-corrected chi connectivity index (χ0v) is 16.3. The first-order chi connectivity index (χ1) is 12.6. The zero-order chi connectivity index (χ0) is 18.9. The summed E-state index contributed by atoms with van der Waals surface area (Å²) < 4.78 is 11.6. The molecule has 2 aromatic rings. The van der Waals surface area contributed by atoms with Crippen LogP contribution in [0.3, 0.4) is 0 Å². The largest absolute Gasteiger partial charge is 0.490 e. The normalized spacial score (nSPS) is 10.4. The number of terminal acetylenes is 1. The minimum atomic E-state index is -0.334. The van der Waals surface area contributed by atoms with E-state index in [4.69, 9.17) is 27.5 Å². The van der Waals surface area contributed by atoms with E-state index in [1.54, 1.807) is 30.3 Å². The van der Waals surface area contributed by atoms with Crippen molar-refractivity contribution in [3.05, 3.63) is 57.0 Å². The van der Waals surface area contributed by atoms with Crippen LogP contribution < -0.4 is 14.9 Å². The molecule has 0 spiro atoms. The van der Waals surface area contributed by atoms with E-state index in [0.717, 1.165) is 0 Å². The van der Waals surface area contributed by atoms with Gasteiger partial charge in [-0.25, -0.2) is 5.43 Å². The number of halogens is 2. The van der Waals surface area contributed by atoms with E-state index < -0.39 is 0 Å². The Labute approximate surface area is 165 Å². The molecule has 0 heterocycles. The molecule has 0 fully saturated rings. The third kappa shape index (κ3) is 5.25. The average molecular weight is 436 g/mol. The van der Waals surface area contributed by atoms with Gasteiger partial charge in [-0.05, 0) is 52.7 Å². The molecule has 1 amide bonds. The van der Waals surface area contributed by atoms with Crippen LogP contribution in [-0.4, -0.2) is 25.3 Å². The Morgan fingerprint density at radius 3 is 2.85 bits per heavy atom. The number of ether oxygens (including phenoxy) is 2. The molecule has 5 nitrogen and oxygen atoms in total. The summed E-state index contributed by atoms with van der Waals surface area (Å²) in [7, 11) is 0. The highest BCUT2D eigenvalue weighted by Gasteiger charge is 2.12. The summed E-state index contributed by atoms with van der Waals surface area (Å²) >= 11 is 9.56. The zero-order valence-electron chi connectivity index (χ0n) is 14.0. The van der Waals surface area contributed by atoms with E-state index in [1.165, 1.54) is 6.21 Å². The van der Waals surface area contributed by atoms with Gasteiger partial charge < -0.3 is 9.47 Å². The third-order valence-electron chi connectivity index (χ3n) is 3.13. The van der Waals surface area contributed by atoms with Crippen LogP contribution in [0.2, 0.25) is 5.02 Å². The number of nitrogens with zero attached hydrogens (tertiary/aromatic N) is 1. The van der Waals surface area contributed by atoms with Crippen molar-refractivity contribution in [2.75, 3.05) is 13.2 Å². The quantitative estimate of drug-likeness (QED) is 0.401. The van der Waals surface area contributed by atoms with Gasteiger partial charge >= 0.3 is 0 Å². The van der Waals surface area contributed by atoms with Gasteiger partial charge in [-0.1, -0.05) is 29.7 Å². The van der Waals surface area contributed by atoms with Crippen molar-refractivity contribution in [1.82, 2.24) is 5.43 Å². The maximum Gasteiger partial charge on any atom is 0.272 e. The number of nitrogens with one attached hydrogen (secondary N) is 1. The number of rotatable bonds is 7.